The summed E-state index contributed by atoms with van der Waals surface area (Å²) in [5.41, 5.74) is 0.714. The van der Waals surface area contributed by atoms with Gasteiger partial charge in [-0.1, -0.05) is 13.8 Å². The maximum absolute atomic E-state index is 12.3. The van der Waals surface area contributed by atoms with Crippen LogP contribution in [0, 0.1) is 11.3 Å². The summed E-state index contributed by atoms with van der Waals surface area (Å²) in [7, 11) is -1.81. The number of nitrogens with zero attached hydrogens (tertiary/aromatic N) is 1. The number of hydrogen-bond acceptors (Lipinski definition) is 4. The molecule has 0 aliphatic heterocycles. The molecule has 5 nitrogen and oxygen atoms in total. The molecule has 1 aliphatic rings. The molecule has 0 aromatic carbocycles. The topological polar surface area (TPSA) is 71.1 Å². The Kier molecular flexibility index (Phi) is 3.82. The highest BCUT2D eigenvalue weighted by Crippen LogP contribution is 2.51. The largest absolute Gasteiger partial charge is 0.387 e. The normalized spacial score (nSPS) is 17.5. The fraction of sp³-hybridized carbons (Fsp3) is 0.615. The lowest BCUT2D eigenvalue weighted by Crippen LogP contribution is -2.33. The summed E-state index contributed by atoms with van der Waals surface area (Å²) in [6.45, 7) is 4.79. The highest BCUT2D eigenvalue weighted by atomic mass is 32.2. The van der Waals surface area contributed by atoms with Crippen molar-refractivity contribution in [3.8, 4) is 0 Å². The van der Waals surface area contributed by atoms with Crippen molar-refractivity contribution in [2.75, 3.05) is 18.9 Å². The number of pyridine rings is 1. The molecular weight excluding hydrogens is 262 g/mol. The van der Waals surface area contributed by atoms with Crippen LogP contribution in [-0.2, 0) is 10.0 Å². The van der Waals surface area contributed by atoms with Crippen LogP contribution in [-0.4, -0.2) is 27.0 Å². The Morgan fingerprint density at radius 1 is 1.42 bits per heavy atom. The molecule has 0 unspecified atom stereocenters. The molecule has 1 aromatic rings. The van der Waals surface area contributed by atoms with Crippen LogP contribution >= 0.6 is 0 Å². The Hall–Kier alpha value is -1.14. The predicted molar refractivity (Wildman–Crippen MR) is 75.5 cm³/mol. The molecule has 0 radical (unpaired) electrons. The standard InChI is InChI=1S/C13H21N3O2S/c1-10(2)13(5-6-13)9-16-19(17,18)12-8-15-7-4-11(12)14-3/h4,7-8,10,16H,5-6,9H2,1-3H3,(H,14,15). The minimum Gasteiger partial charge on any atom is -0.387 e. The number of nitrogens with one attached hydrogen (secondary N) is 2. The van der Waals surface area contributed by atoms with E-state index >= 15 is 0 Å². The molecule has 0 atom stereocenters. The second-order valence-corrected chi connectivity index (χ2v) is 7.20. The quantitative estimate of drug-likeness (QED) is 0.835. The predicted octanol–water partition coefficient (Wildman–Crippen LogP) is 1.84. The van der Waals surface area contributed by atoms with E-state index in [0.29, 0.717) is 18.2 Å². The van der Waals surface area contributed by atoms with Crippen molar-refractivity contribution in [1.82, 2.24) is 9.71 Å². The van der Waals surface area contributed by atoms with Gasteiger partial charge in [-0.25, -0.2) is 13.1 Å². The molecule has 1 aliphatic carbocycles. The molecule has 0 saturated heterocycles. The minimum absolute atomic E-state index is 0.148. The Labute approximate surface area is 114 Å². The lowest BCUT2D eigenvalue weighted by molar-refractivity contribution is 0.357. The van der Waals surface area contributed by atoms with Gasteiger partial charge < -0.3 is 5.32 Å². The van der Waals surface area contributed by atoms with Gasteiger partial charge in [0.15, 0.2) is 0 Å². The first-order valence-corrected chi connectivity index (χ1v) is 8.01. The summed E-state index contributed by atoms with van der Waals surface area (Å²) in [4.78, 5) is 4.10. The van der Waals surface area contributed by atoms with E-state index in [1.165, 1.54) is 6.20 Å². The molecule has 19 heavy (non-hydrogen) atoms. The number of hydrogen-bond donors (Lipinski definition) is 2. The molecule has 6 heteroatoms. The highest BCUT2D eigenvalue weighted by molar-refractivity contribution is 7.89. The van der Waals surface area contributed by atoms with E-state index in [2.05, 4.69) is 28.9 Å². The van der Waals surface area contributed by atoms with E-state index < -0.39 is 10.0 Å². The minimum atomic E-state index is -3.50. The first-order chi connectivity index (χ1) is 8.91. The maximum Gasteiger partial charge on any atom is 0.244 e. The zero-order valence-corrected chi connectivity index (χ0v) is 12.4. The Bertz CT molecular complexity index is 551. The van der Waals surface area contributed by atoms with E-state index in [-0.39, 0.29) is 10.3 Å². The first-order valence-electron chi connectivity index (χ1n) is 6.53. The molecular formula is C13H21N3O2S. The summed E-state index contributed by atoms with van der Waals surface area (Å²) >= 11 is 0. The van der Waals surface area contributed by atoms with Crippen LogP contribution < -0.4 is 10.0 Å². The smallest absolute Gasteiger partial charge is 0.244 e. The van der Waals surface area contributed by atoms with E-state index in [1.807, 2.05) is 0 Å². The van der Waals surface area contributed by atoms with Crippen molar-refractivity contribution in [2.45, 2.75) is 31.6 Å². The van der Waals surface area contributed by atoms with Gasteiger partial charge >= 0.3 is 0 Å². The van der Waals surface area contributed by atoms with Gasteiger partial charge in [0.05, 0.1) is 5.69 Å². The lowest BCUT2D eigenvalue weighted by atomic mass is 9.93. The second-order valence-electron chi connectivity index (χ2n) is 5.46. The van der Waals surface area contributed by atoms with Crippen molar-refractivity contribution in [3.05, 3.63) is 18.5 Å². The van der Waals surface area contributed by atoms with Crippen LogP contribution in [0.3, 0.4) is 0 Å². The summed E-state index contributed by atoms with van der Waals surface area (Å²) in [5, 5.41) is 2.88. The molecule has 0 amide bonds. The lowest BCUT2D eigenvalue weighted by Gasteiger charge is -2.20. The third-order valence-electron chi connectivity index (χ3n) is 4.07. The average molecular weight is 283 g/mol. The van der Waals surface area contributed by atoms with Crippen molar-refractivity contribution < 1.29 is 8.42 Å². The molecule has 2 rings (SSSR count). The van der Waals surface area contributed by atoms with Gasteiger partial charge in [-0.05, 0) is 30.2 Å². The average Bonchev–Trinajstić information content (AvgIpc) is 3.18. The number of anilines is 1. The zero-order valence-electron chi connectivity index (χ0n) is 11.6. The van der Waals surface area contributed by atoms with E-state index in [0.717, 1.165) is 12.8 Å². The summed E-state index contributed by atoms with van der Waals surface area (Å²) < 4.78 is 27.4. The summed E-state index contributed by atoms with van der Waals surface area (Å²) in [6.07, 6.45) is 5.14. The van der Waals surface area contributed by atoms with Crippen LogP contribution in [0.1, 0.15) is 26.7 Å². The molecule has 1 aromatic heterocycles. The van der Waals surface area contributed by atoms with Gasteiger partial charge in [-0.15, -0.1) is 0 Å². The number of rotatable bonds is 6. The van der Waals surface area contributed by atoms with Gasteiger partial charge in [-0.3, -0.25) is 4.98 Å². The van der Waals surface area contributed by atoms with Crippen molar-refractivity contribution in [3.63, 3.8) is 0 Å². The SMILES string of the molecule is CNc1ccncc1S(=O)(=O)NCC1(C(C)C)CC1. The van der Waals surface area contributed by atoms with Crippen LogP contribution in [0.4, 0.5) is 5.69 Å². The monoisotopic (exact) mass is 283 g/mol. The van der Waals surface area contributed by atoms with E-state index in [9.17, 15) is 8.42 Å². The Morgan fingerprint density at radius 2 is 2.11 bits per heavy atom. The summed E-state index contributed by atoms with van der Waals surface area (Å²) in [5.74, 6) is 0.493. The number of sulfonamides is 1. The molecule has 106 valence electrons. The fourth-order valence-corrected chi connectivity index (χ4v) is 3.53. The van der Waals surface area contributed by atoms with Crippen LogP contribution in [0.25, 0.3) is 0 Å². The molecule has 1 heterocycles. The zero-order chi connectivity index (χ0) is 14.1. The van der Waals surface area contributed by atoms with Crippen LogP contribution in [0.2, 0.25) is 0 Å². The van der Waals surface area contributed by atoms with E-state index in [4.69, 9.17) is 0 Å². The molecule has 0 bridgehead atoms. The second kappa shape index (κ2) is 5.09. The van der Waals surface area contributed by atoms with Gasteiger partial charge in [-0.2, -0.15) is 0 Å². The van der Waals surface area contributed by atoms with Gasteiger partial charge in [0.2, 0.25) is 10.0 Å². The molecule has 2 N–H and O–H groups in total. The van der Waals surface area contributed by atoms with Gasteiger partial charge in [0.25, 0.3) is 0 Å². The molecule has 1 saturated carbocycles. The fourth-order valence-electron chi connectivity index (χ4n) is 2.24. The maximum atomic E-state index is 12.3. The van der Waals surface area contributed by atoms with Crippen molar-refractivity contribution >= 4 is 15.7 Å². The highest BCUT2D eigenvalue weighted by Gasteiger charge is 2.45. The Morgan fingerprint density at radius 3 is 2.63 bits per heavy atom. The third kappa shape index (κ3) is 2.90. The van der Waals surface area contributed by atoms with Crippen LogP contribution in [0.15, 0.2) is 23.4 Å². The first kappa shape index (κ1) is 14.3. The third-order valence-corrected chi connectivity index (χ3v) is 5.50. The van der Waals surface area contributed by atoms with Gasteiger partial charge in [0.1, 0.15) is 4.90 Å². The summed E-state index contributed by atoms with van der Waals surface area (Å²) in [6, 6.07) is 1.66. The van der Waals surface area contributed by atoms with E-state index in [1.54, 1.807) is 19.3 Å². The Balaban J connectivity index is 2.15. The molecule has 0 spiro atoms. The van der Waals surface area contributed by atoms with Crippen molar-refractivity contribution in [1.29, 1.82) is 0 Å². The molecule has 1 fully saturated rings. The van der Waals surface area contributed by atoms with Crippen molar-refractivity contribution in [2.24, 2.45) is 11.3 Å². The van der Waals surface area contributed by atoms with Gasteiger partial charge in [0, 0.05) is 26.0 Å². The number of aromatic nitrogens is 1. The van der Waals surface area contributed by atoms with Crippen LogP contribution in [0.5, 0.6) is 0 Å².